The highest BCUT2D eigenvalue weighted by atomic mass is 35.5. The fourth-order valence-electron chi connectivity index (χ4n) is 4.18. The molecule has 2 heterocycles. The molecule has 4 rings (SSSR count). The molecule has 1 aliphatic heterocycles. The van der Waals surface area contributed by atoms with E-state index in [1.165, 1.54) is 0 Å². The lowest BCUT2D eigenvalue weighted by molar-refractivity contribution is -0.122. The summed E-state index contributed by atoms with van der Waals surface area (Å²) in [6, 6.07) is 16.1. The van der Waals surface area contributed by atoms with E-state index in [4.69, 9.17) is 16.9 Å². The second-order valence-corrected chi connectivity index (χ2v) is 11.4. The van der Waals surface area contributed by atoms with Crippen LogP contribution in [0.15, 0.2) is 61.1 Å². The van der Waals surface area contributed by atoms with Gasteiger partial charge in [0.2, 0.25) is 5.91 Å². The van der Waals surface area contributed by atoms with Crippen molar-refractivity contribution >= 4 is 33.0 Å². The molecular formula is C25H26ClN5O3S. The van der Waals surface area contributed by atoms with Crippen molar-refractivity contribution in [1.29, 1.82) is 5.26 Å². The Labute approximate surface area is 210 Å². The predicted molar refractivity (Wildman–Crippen MR) is 135 cm³/mol. The number of carbonyl (C=O) groups excluding carboxylic acids is 1. The fourth-order valence-corrected chi connectivity index (χ4v) is 5.50. The second-order valence-electron chi connectivity index (χ2n) is 8.56. The summed E-state index contributed by atoms with van der Waals surface area (Å²) < 4.78 is 27.1. The molecule has 1 saturated heterocycles. The van der Waals surface area contributed by atoms with Gasteiger partial charge in [-0.25, -0.2) is 13.4 Å². The molecule has 3 aromatic rings. The fraction of sp³-hybridized carbons (Fsp3) is 0.320. The number of nitriles is 1. The van der Waals surface area contributed by atoms with Gasteiger partial charge in [0, 0.05) is 48.3 Å². The zero-order chi connectivity index (χ0) is 25.0. The quantitative estimate of drug-likeness (QED) is 0.461. The number of benzene rings is 2. The van der Waals surface area contributed by atoms with Gasteiger partial charge in [0.25, 0.3) is 0 Å². The number of carbonyl (C=O) groups is 1. The summed E-state index contributed by atoms with van der Waals surface area (Å²) in [6.07, 6.45) is 3.46. The molecule has 1 amide bonds. The normalized spacial score (nSPS) is 16.9. The van der Waals surface area contributed by atoms with Gasteiger partial charge in [-0.3, -0.25) is 9.69 Å². The third-order valence-corrected chi connectivity index (χ3v) is 8.16. The number of anilines is 1. The van der Waals surface area contributed by atoms with Gasteiger partial charge in [0.1, 0.15) is 0 Å². The third kappa shape index (κ3) is 6.09. The molecule has 0 N–H and O–H groups in total. The van der Waals surface area contributed by atoms with E-state index in [2.05, 4.69) is 11.1 Å². The number of hydrogen-bond acceptors (Lipinski definition) is 6. The number of halogens is 1. The van der Waals surface area contributed by atoms with E-state index >= 15 is 0 Å². The van der Waals surface area contributed by atoms with Crippen LogP contribution in [0.4, 0.5) is 5.69 Å². The largest absolute Gasteiger partial charge is 0.329 e. The summed E-state index contributed by atoms with van der Waals surface area (Å²) in [5.74, 6) is -0.119. The lowest BCUT2D eigenvalue weighted by Gasteiger charge is -2.41. The smallest absolute Gasteiger partial charge is 0.241 e. The van der Waals surface area contributed by atoms with Gasteiger partial charge in [-0.05, 0) is 35.9 Å². The van der Waals surface area contributed by atoms with E-state index in [-0.39, 0.29) is 36.5 Å². The molecule has 1 aromatic heterocycles. The first-order chi connectivity index (χ1) is 16.8. The highest BCUT2D eigenvalue weighted by Gasteiger charge is 2.35. The van der Waals surface area contributed by atoms with E-state index < -0.39 is 9.84 Å². The van der Waals surface area contributed by atoms with Crippen molar-refractivity contribution in [2.75, 3.05) is 29.5 Å². The van der Waals surface area contributed by atoms with Crippen molar-refractivity contribution in [3.8, 4) is 6.07 Å². The van der Waals surface area contributed by atoms with Gasteiger partial charge < -0.3 is 9.47 Å². The van der Waals surface area contributed by atoms with Crippen molar-refractivity contribution < 1.29 is 13.2 Å². The van der Waals surface area contributed by atoms with Gasteiger partial charge in [0.05, 0.1) is 36.0 Å². The summed E-state index contributed by atoms with van der Waals surface area (Å²) in [4.78, 5) is 20.9. The van der Waals surface area contributed by atoms with Crippen LogP contribution in [-0.2, 0) is 27.7 Å². The van der Waals surface area contributed by atoms with E-state index in [0.717, 1.165) is 11.3 Å². The first-order valence-corrected chi connectivity index (χ1v) is 13.5. The van der Waals surface area contributed by atoms with Gasteiger partial charge >= 0.3 is 0 Å². The average Bonchev–Trinajstić information content (AvgIpc) is 3.27. The lowest BCUT2D eigenvalue weighted by atomic mass is 10.1. The molecule has 35 heavy (non-hydrogen) atoms. The monoisotopic (exact) mass is 511 g/mol. The number of nitrogens with zero attached hydrogens (tertiary/aromatic N) is 5. The van der Waals surface area contributed by atoms with E-state index in [1.54, 1.807) is 60.7 Å². The molecule has 182 valence electrons. The van der Waals surface area contributed by atoms with Crippen molar-refractivity contribution in [3.63, 3.8) is 0 Å². The summed E-state index contributed by atoms with van der Waals surface area (Å²) in [5.41, 5.74) is 3.13. The Hall–Kier alpha value is -3.19. The van der Waals surface area contributed by atoms with Crippen LogP contribution in [0, 0.1) is 11.3 Å². The molecule has 0 saturated carbocycles. The average molecular weight is 512 g/mol. The maximum atomic E-state index is 13.1. The Morgan fingerprint density at radius 1 is 1.17 bits per heavy atom. The molecule has 1 aliphatic rings. The van der Waals surface area contributed by atoms with Gasteiger partial charge in [-0.15, -0.1) is 0 Å². The lowest BCUT2D eigenvalue weighted by Crippen LogP contribution is -2.58. The third-order valence-electron chi connectivity index (χ3n) is 6.15. The topological polar surface area (TPSA) is 99.3 Å². The Morgan fingerprint density at radius 2 is 1.94 bits per heavy atom. The molecule has 10 heteroatoms. The van der Waals surface area contributed by atoms with Crippen molar-refractivity contribution in [2.45, 2.75) is 26.1 Å². The van der Waals surface area contributed by atoms with Crippen LogP contribution in [-0.4, -0.2) is 59.4 Å². The number of imidazole rings is 1. The molecule has 1 fully saturated rings. The van der Waals surface area contributed by atoms with Crippen LogP contribution < -0.4 is 4.90 Å². The van der Waals surface area contributed by atoms with Crippen LogP contribution in [0.5, 0.6) is 0 Å². The molecule has 0 spiro atoms. The zero-order valence-electron chi connectivity index (χ0n) is 19.3. The Balaban J connectivity index is 1.56. The van der Waals surface area contributed by atoms with E-state index in [1.807, 2.05) is 21.6 Å². The first kappa shape index (κ1) is 24.9. The summed E-state index contributed by atoms with van der Waals surface area (Å²) in [5, 5.41) is 9.53. The highest BCUT2D eigenvalue weighted by molar-refractivity contribution is 7.91. The van der Waals surface area contributed by atoms with Crippen molar-refractivity contribution in [2.24, 2.45) is 0 Å². The number of sulfone groups is 1. The molecule has 1 atom stereocenters. The number of aromatic nitrogens is 2. The van der Waals surface area contributed by atoms with Crippen LogP contribution in [0.25, 0.3) is 0 Å². The van der Waals surface area contributed by atoms with Gasteiger partial charge in [-0.2, -0.15) is 5.26 Å². The molecule has 0 bridgehead atoms. The maximum absolute atomic E-state index is 13.1. The van der Waals surface area contributed by atoms with Crippen molar-refractivity contribution in [1.82, 2.24) is 14.5 Å². The summed E-state index contributed by atoms with van der Waals surface area (Å²) in [6.45, 7) is 2.90. The minimum Gasteiger partial charge on any atom is -0.329 e. The first-order valence-electron chi connectivity index (χ1n) is 11.3. The zero-order valence-corrected chi connectivity index (χ0v) is 20.9. The Bertz CT molecular complexity index is 1350. The van der Waals surface area contributed by atoms with Crippen molar-refractivity contribution in [3.05, 3.63) is 82.9 Å². The number of piperazine rings is 1. The molecule has 0 unspecified atom stereocenters. The SMILES string of the molecule is CCS(=O)(=O)C[C@H]1CN(c2cccc(Cl)c2)C(=O)CN1Cc1cncn1Cc1ccc(C#N)cc1. The minimum atomic E-state index is -3.28. The standard InChI is InChI=1S/C25H26ClN5O3S/c1-2-35(33,34)17-24-15-31(22-5-3-4-21(26)10-22)25(32)16-29(24)14-23-12-28-18-30(23)13-20-8-6-19(11-27)7-9-20/h3-10,12,18,24H,2,13-17H2,1H3/t24-/m1/s1. The Kier molecular flexibility index (Phi) is 7.55. The summed E-state index contributed by atoms with van der Waals surface area (Å²) >= 11 is 6.13. The molecular weight excluding hydrogens is 486 g/mol. The van der Waals surface area contributed by atoms with Crippen LogP contribution in [0.3, 0.4) is 0 Å². The minimum absolute atomic E-state index is 0.0408. The highest BCUT2D eigenvalue weighted by Crippen LogP contribution is 2.25. The number of hydrogen-bond donors (Lipinski definition) is 0. The van der Waals surface area contributed by atoms with Gasteiger partial charge in [0.15, 0.2) is 9.84 Å². The summed E-state index contributed by atoms with van der Waals surface area (Å²) in [7, 11) is -3.28. The van der Waals surface area contributed by atoms with Gasteiger partial charge in [-0.1, -0.05) is 36.7 Å². The molecule has 8 nitrogen and oxygen atoms in total. The predicted octanol–water partition coefficient (Wildman–Crippen LogP) is 3.11. The molecule has 2 aromatic carbocycles. The molecule has 0 aliphatic carbocycles. The second kappa shape index (κ2) is 10.6. The number of amides is 1. The molecule has 0 radical (unpaired) electrons. The Morgan fingerprint density at radius 3 is 2.63 bits per heavy atom. The van der Waals surface area contributed by atoms with Crippen LogP contribution in [0.2, 0.25) is 5.02 Å². The van der Waals surface area contributed by atoms with E-state index in [9.17, 15) is 13.2 Å². The number of rotatable bonds is 8. The van der Waals surface area contributed by atoms with Crippen LogP contribution >= 0.6 is 11.6 Å². The van der Waals surface area contributed by atoms with E-state index in [0.29, 0.717) is 29.4 Å². The van der Waals surface area contributed by atoms with Crippen LogP contribution in [0.1, 0.15) is 23.7 Å². The maximum Gasteiger partial charge on any atom is 0.241 e.